The number of hydrogen-bond acceptors (Lipinski definition) is 7. The van der Waals surface area contributed by atoms with Crippen LogP contribution in [0.1, 0.15) is 23.1 Å². The molecule has 0 aliphatic carbocycles. The van der Waals surface area contributed by atoms with Crippen LogP contribution < -0.4 is 14.8 Å². The Labute approximate surface area is 183 Å². The van der Waals surface area contributed by atoms with E-state index in [-0.39, 0.29) is 23.8 Å². The Kier molecular flexibility index (Phi) is 7.50. The third-order valence-electron chi connectivity index (χ3n) is 4.28. The number of ether oxygens (including phenoxy) is 2. The van der Waals surface area contributed by atoms with Crippen molar-refractivity contribution in [3.63, 3.8) is 0 Å². The molecule has 0 radical (unpaired) electrons. The van der Waals surface area contributed by atoms with Crippen molar-refractivity contribution in [2.45, 2.75) is 25.2 Å². The van der Waals surface area contributed by atoms with E-state index < -0.39 is 5.97 Å². The first-order chi connectivity index (χ1) is 15.0. The van der Waals surface area contributed by atoms with Crippen LogP contribution in [-0.2, 0) is 17.9 Å². The molecule has 2 N–H and O–H groups in total. The minimum Gasteiger partial charge on any atom is -0.493 e. The zero-order valence-electron chi connectivity index (χ0n) is 17.1. The second-order valence-corrected chi connectivity index (χ2v) is 7.24. The Hall–Kier alpha value is -3.53. The minimum absolute atomic E-state index is 0.131. The van der Waals surface area contributed by atoms with Gasteiger partial charge in [-0.2, -0.15) is 0 Å². The molecule has 31 heavy (non-hydrogen) atoms. The first-order valence-corrected chi connectivity index (χ1v) is 10.4. The molecule has 0 bridgehead atoms. The van der Waals surface area contributed by atoms with E-state index in [9.17, 15) is 9.59 Å². The summed E-state index contributed by atoms with van der Waals surface area (Å²) in [4.78, 5) is 23.1. The number of methoxy groups -OCH3 is 1. The van der Waals surface area contributed by atoms with Gasteiger partial charge in [0.15, 0.2) is 22.5 Å². The van der Waals surface area contributed by atoms with Crippen LogP contribution in [0.25, 0.3) is 0 Å². The quantitative estimate of drug-likeness (QED) is 0.460. The van der Waals surface area contributed by atoms with Crippen LogP contribution >= 0.6 is 11.8 Å². The SMILES string of the molecule is CCn1c(COc2ccccc2OC)nnc1SCC(=O)Nc1ccc(C(=O)O)cc1. The number of aromatic nitrogens is 3. The summed E-state index contributed by atoms with van der Waals surface area (Å²) in [6.07, 6.45) is 0. The first-order valence-electron chi connectivity index (χ1n) is 9.45. The van der Waals surface area contributed by atoms with Gasteiger partial charge in [0.1, 0.15) is 6.61 Å². The van der Waals surface area contributed by atoms with Crippen LogP contribution in [0.5, 0.6) is 11.5 Å². The van der Waals surface area contributed by atoms with Gasteiger partial charge in [-0.1, -0.05) is 23.9 Å². The van der Waals surface area contributed by atoms with Gasteiger partial charge in [0.25, 0.3) is 0 Å². The Balaban J connectivity index is 1.57. The predicted octanol–water partition coefficient (Wildman–Crippen LogP) is 3.31. The maximum atomic E-state index is 12.2. The number of aromatic carboxylic acids is 1. The van der Waals surface area contributed by atoms with Gasteiger partial charge in [-0.05, 0) is 43.3 Å². The fourth-order valence-corrected chi connectivity index (χ4v) is 3.58. The van der Waals surface area contributed by atoms with Crippen LogP contribution in [0.3, 0.4) is 0 Å². The summed E-state index contributed by atoms with van der Waals surface area (Å²) in [7, 11) is 1.58. The molecule has 10 heteroatoms. The highest BCUT2D eigenvalue weighted by molar-refractivity contribution is 7.99. The molecular formula is C21H22N4O5S. The fourth-order valence-electron chi connectivity index (χ4n) is 2.75. The molecule has 3 rings (SSSR count). The average molecular weight is 442 g/mol. The normalized spacial score (nSPS) is 10.5. The Morgan fingerprint density at radius 1 is 1.10 bits per heavy atom. The topological polar surface area (TPSA) is 116 Å². The number of carbonyl (C=O) groups is 2. The van der Waals surface area contributed by atoms with E-state index in [4.69, 9.17) is 14.6 Å². The number of carboxylic acid groups (broad SMARTS) is 1. The fraction of sp³-hybridized carbons (Fsp3) is 0.238. The van der Waals surface area contributed by atoms with Gasteiger partial charge in [-0.15, -0.1) is 10.2 Å². The molecule has 0 aliphatic rings. The van der Waals surface area contributed by atoms with Crippen molar-refractivity contribution in [1.82, 2.24) is 14.8 Å². The predicted molar refractivity (Wildman–Crippen MR) is 116 cm³/mol. The summed E-state index contributed by atoms with van der Waals surface area (Å²) >= 11 is 1.26. The second-order valence-electron chi connectivity index (χ2n) is 6.30. The van der Waals surface area contributed by atoms with Crippen LogP contribution in [0, 0.1) is 0 Å². The van der Waals surface area contributed by atoms with E-state index >= 15 is 0 Å². The summed E-state index contributed by atoms with van der Waals surface area (Å²) in [6, 6.07) is 13.3. The zero-order valence-corrected chi connectivity index (χ0v) is 17.9. The molecule has 0 spiro atoms. The van der Waals surface area contributed by atoms with Crippen molar-refractivity contribution >= 4 is 29.3 Å². The van der Waals surface area contributed by atoms with E-state index in [2.05, 4.69) is 15.5 Å². The lowest BCUT2D eigenvalue weighted by atomic mass is 10.2. The van der Waals surface area contributed by atoms with Crippen LogP contribution in [-0.4, -0.2) is 44.6 Å². The Morgan fingerprint density at radius 3 is 2.45 bits per heavy atom. The number of hydrogen-bond donors (Lipinski definition) is 2. The molecule has 1 heterocycles. The molecule has 0 atom stereocenters. The average Bonchev–Trinajstić information content (AvgIpc) is 3.18. The summed E-state index contributed by atoms with van der Waals surface area (Å²) in [5.41, 5.74) is 0.685. The monoisotopic (exact) mass is 442 g/mol. The number of nitrogens with zero attached hydrogens (tertiary/aromatic N) is 3. The van der Waals surface area contributed by atoms with Crippen LogP contribution in [0.4, 0.5) is 5.69 Å². The van der Waals surface area contributed by atoms with E-state index in [0.29, 0.717) is 34.7 Å². The standard InChI is InChI=1S/C21H22N4O5S/c1-3-25-18(12-30-17-7-5-4-6-16(17)29-2)23-24-21(25)31-13-19(26)22-15-10-8-14(9-11-15)20(27)28/h4-11H,3,12-13H2,1-2H3,(H,22,26)(H,27,28). The molecular weight excluding hydrogens is 420 g/mol. The maximum absolute atomic E-state index is 12.2. The highest BCUT2D eigenvalue weighted by atomic mass is 32.2. The molecule has 0 saturated heterocycles. The number of nitrogens with one attached hydrogen (secondary N) is 1. The van der Waals surface area contributed by atoms with Crippen LogP contribution in [0.15, 0.2) is 53.7 Å². The maximum Gasteiger partial charge on any atom is 0.335 e. The van der Waals surface area contributed by atoms with Gasteiger partial charge in [0, 0.05) is 12.2 Å². The summed E-state index contributed by atoms with van der Waals surface area (Å²) in [6.45, 7) is 2.80. The van der Waals surface area contributed by atoms with Crippen LogP contribution in [0.2, 0.25) is 0 Å². The Morgan fingerprint density at radius 2 is 1.81 bits per heavy atom. The van der Waals surface area contributed by atoms with E-state index in [1.165, 1.54) is 23.9 Å². The van der Waals surface area contributed by atoms with Gasteiger partial charge in [-0.3, -0.25) is 4.79 Å². The van der Waals surface area contributed by atoms with Crippen molar-refractivity contribution in [3.8, 4) is 11.5 Å². The lowest BCUT2D eigenvalue weighted by Crippen LogP contribution is -2.15. The minimum atomic E-state index is -1.02. The van der Waals surface area contributed by atoms with E-state index in [1.54, 1.807) is 19.2 Å². The molecule has 0 aliphatic heterocycles. The van der Waals surface area contributed by atoms with Crippen molar-refractivity contribution in [1.29, 1.82) is 0 Å². The van der Waals surface area contributed by atoms with Crippen molar-refractivity contribution in [2.24, 2.45) is 0 Å². The molecule has 3 aromatic rings. The number of carbonyl (C=O) groups excluding carboxylic acids is 1. The first kappa shape index (κ1) is 22.2. The molecule has 162 valence electrons. The molecule has 0 saturated carbocycles. The summed E-state index contributed by atoms with van der Waals surface area (Å²) in [5, 5.41) is 20.6. The summed E-state index contributed by atoms with van der Waals surface area (Å²) in [5.74, 6) is 0.765. The third-order valence-corrected chi connectivity index (χ3v) is 5.25. The van der Waals surface area contributed by atoms with Crippen molar-refractivity contribution in [2.75, 3.05) is 18.2 Å². The number of carboxylic acids is 1. The molecule has 1 amide bonds. The largest absolute Gasteiger partial charge is 0.493 e. The van der Waals surface area contributed by atoms with Crippen molar-refractivity contribution in [3.05, 3.63) is 59.9 Å². The lowest BCUT2D eigenvalue weighted by Gasteiger charge is -2.11. The summed E-state index contributed by atoms with van der Waals surface area (Å²) < 4.78 is 13.0. The zero-order chi connectivity index (χ0) is 22.2. The molecule has 2 aromatic carbocycles. The van der Waals surface area contributed by atoms with Crippen molar-refractivity contribution < 1.29 is 24.2 Å². The second kappa shape index (κ2) is 10.5. The van der Waals surface area contributed by atoms with Gasteiger partial charge in [0.05, 0.1) is 18.4 Å². The highest BCUT2D eigenvalue weighted by Crippen LogP contribution is 2.27. The van der Waals surface area contributed by atoms with Gasteiger partial charge >= 0.3 is 5.97 Å². The Bertz CT molecular complexity index is 1050. The number of amides is 1. The molecule has 1 aromatic heterocycles. The van der Waals surface area contributed by atoms with Gasteiger partial charge in [0.2, 0.25) is 5.91 Å². The van der Waals surface area contributed by atoms with E-state index in [0.717, 1.165) is 0 Å². The smallest absolute Gasteiger partial charge is 0.335 e. The molecule has 0 fully saturated rings. The molecule has 0 unspecified atom stereocenters. The third kappa shape index (κ3) is 5.76. The number of benzene rings is 2. The number of rotatable bonds is 10. The number of anilines is 1. The van der Waals surface area contributed by atoms with E-state index in [1.807, 2.05) is 35.8 Å². The van der Waals surface area contributed by atoms with Gasteiger partial charge in [-0.25, -0.2) is 4.79 Å². The lowest BCUT2D eigenvalue weighted by molar-refractivity contribution is -0.113. The van der Waals surface area contributed by atoms with Gasteiger partial charge < -0.3 is 24.5 Å². The number of para-hydroxylation sites is 2. The number of thioether (sulfide) groups is 1. The highest BCUT2D eigenvalue weighted by Gasteiger charge is 2.15. The molecule has 9 nitrogen and oxygen atoms in total.